The summed E-state index contributed by atoms with van der Waals surface area (Å²) in [5.41, 5.74) is 0. The predicted molar refractivity (Wildman–Crippen MR) is 45.3 cm³/mol. The molecule has 3 nitrogen and oxygen atoms in total. The minimum absolute atomic E-state index is 0.313. The van der Waals surface area contributed by atoms with Gasteiger partial charge in [-0.05, 0) is 34.0 Å². The van der Waals surface area contributed by atoms with Gasteiger partial charge >= 0.3 is 0 Å². The molecule has 1 fully saturated rings. The molecule has 1 aliphatic heterocycles. The lowest BCUT2D eigenvalue weighted by Gasteiger charge is -2.26. The lowest BCUT2D eigenvalue weighted by molar-refractivity contribution is 0.0116. The van der Waals surface area contributed by atoms with Gasteiger partial charge in [0.25, 0.3) is 0 Å². The summed E-state index contributed by atoms with van der Waals surface area (Å²) in [4.78, 5) is 4.33. The van der Waals surface area contributed by atoms with E-state index in [0.717, 1.165) is 13.1 Å². The molecular formula is C8H18N2O. The van der Waals surface area contributed by atoms with Crippen LogP contribution in [0.15, 0.2) is 0 Å². The van der Waals surface area contributed by atoms with E-state index in [0.29, 0.717) is 6.04 Å². The molecule has 0 aliphatic carbocycles. The Morgan fingerprint density at radius 1 is 1.64 bits per heavy atom. The first-order valence-electron chi connectivity index (χ1n) is 4.20. The summed E-state index contributed by atoms with van der Waals surface area (Å²) in [6.07, 6.45) is 0.865. The molecule has 0 aromatic rings. The SMILES string of the molecule is CC(O)N(C)[C@H]1CCN(C)C1. The van der Waals surface area contributed by atoms with Gasteiger partial charge in [-0.25, -0.2) is 0 Å². The summed E-state index contributed by atoms with van der Waals surface area (Å²) in [6, 6.07) is 0.542. The number of nitrogens with zero attached hydrogens (tertiary/aromatic N) is 2. The molecule has 1 rings (SSSR count). The van der Waals surface area contributed by atoms with Crippen molar-refractivity contribution in [2.24, 2.45) is 0 Å². The third-order valence-electron chi connectivity index (χ3n) is 2.53. The number of rotatable bonds is 2. The highest BCUT2D eigenvalue weighted by Gasteiger charge is 2.24. The Balaban J connectivity index is 2.36. The van der Waals surface area contributed by atoms with Crippen molar-refractivity contribution < 1.29 is 5.11 Å². The second-order valence-electron chi connectivity index (χ2n) is 3.50. The minimum Gasteiger partial charge on any atom is -0.379 e. The van der Waals surface area contributed by atoms with Crippen molar-refractivity contribution in [2.45, 2.75) is 25.6 Å². The van der Waals surface area contributed by atoms with Gasteiger partial charge in [-0.2, -0.15) is 0 Å². The van der Waals surface area contributed by atoms with Crippen molar-refractivity contribution in [3.8, 4) is 0 Å². The monoisotopic (exact) mass is 158 g/mol. The average Bonchev–Trinajstić information content (AvgIpc) is 2.34. The smallest absolute Gasteiger partial charge is 0.104 e. The van der Waals surface area contributed by atoms with Gasteiger partial charge in [0.2, 0.25) is 0 Å². The predicted octanol–water partition coefficient (Wildman–Crippen LogP) is -0.0394. The maximum Gasteiger partial charge on any atom is 0.104 e. The van der Waals surface area contributed by atoms with Crippen molar-refractivity contribution in [3.05, 3.63) is 0 Å². The highest BCUT2D eigenvalue weighted by molar-refractivity contribution is 4.80. The van der Waals surface area contributed by atoms with Gasteiger partial charge in [0.1, 0.15) is 6.23 Å². The van der Waals surface area contributed by atoms with Crippen molar-refractivity contribution in [2.75, 3.05) is 27.2 Å². The summed E-state index contributed by atoms with van der Waals surface area (Å²) in [5.74, 6) is 0. The van der Waals surface area contributed by atoms with E-state index in [1.165, 1.54) is 6.42 Å². The molecule has 0 aromatic carbocycles. The molecule has 1 saturated heterocycles. The lowest BCUT2D eigenvalue weighted by Crippen LogP contribution is -2.39. The van der Waals surface area contributed by atoms with Crippen LogP contribution in [0.2, 0.25) is 0 Å². The number of aliphatic hydroxyl groups is 1. The summed E-state index contributed by atoms with van der Waals surface area (Å²) in [7, 11) is 4.10. The number of likely N-dealkylation sites (N-methyl/N-ethyl adjacent to an activating group) is 2. The van der Waals surface area contributed by atoms with Gasteiger partial charge in [0, 0.05) is 12.6 Å². The quantitative estimate of drug-likeness (QED) is 0.571. The zero-order chi connectivity index (χ0) is 8.43. The molecule has 66 valence electrons. The zero-order valence-corrected chi connectivity index (χ0v) is 7.62. The van der Waals surface area contributed by atoms with Gasteiger partial charge in [0.05, 0.1) is 0 Å². The number of likely N-dealkylation sites (tertiary alicyclic amines) is 1. The molecule has 3 heteroatoms. The van der Waals surface area contributed by atoms with Gasteiger partial charge in [-0.15, -0.1) is 0 Å². The minimum atomic E-state index is -0.313. The van der Waals surface area contributed by atoms with Crippen molar-refractivity contribution in [1.29, 1.82) is 0 Å². The number of aliphatic hydroxyl groups excluding tert-OH is 1. The fourth-order valence-corrected chi connectivity index (χ4v) is 1.55. The van der Waals surface area contributed by atoms with Crippen LogP contribution in [0.3, 0.4) is 0 Å². The van der Waals surface area contributed by atoms with Crippen LogP contribution in [0, 0.1) is 0 Å². The molecule has 1 aliphatic rings. The highest BCUT2D eigenvalue weighted by Crippen LogP contribution is 2.13. The third kappa shape index (κ3) is 2.15. The van der Waals surface area contributed by atoms with E-state index >= 15 is 0 Å². The molecule has 0 bridgehead atoms. The van der Waals surface area contributed by atoms with Crippen molar-refractivity contribution >= 4 is 0 Å². The van der Waals surface area contributed by atoms with Crippen molar-refractivity contribution in [1.82, 2.24) is 9.80 Å². The molecule has 11 heavy (non-hydrogen) atoms. The van der Waals surface area contributed by atoms with Gasteiger partial charge in [0.15, 0.2) is 0 Å². The topological polar surface area (TPSA) is 26.7 Å². The molecule has 0 radical (unpaired) electrons. The van der Waals surface area contributed by atoms with E-state index in [1.807, 2.05) is 18.9 Å². The van der Waals surface area contributed by atoms with Crippen LogP contribution in [0.1, 0.15) is 13.3 Å². The molecular weight excluding hydrogens is 140 g/mol. The number of hydrogen-bond acceptors (Lipinski definition) is 3. The van der Waals surface area contributed by atoms with Crippen LogP contribution in [0.5, 0.6) is 0 Å². The maximum atomic E-state index is 9.27. The van der Waals surface area contributed by atoms with E-state index in [1.54, 1.807) is 0 Å². The Labute approximate surface area is 68.6 Å². The highest BCUT2D eigenvalue weighted by atomic mass is 16.3. The second kappa shape index (κ2) is 3.52. The fraction of sp³-hybridized carbons (Fsp3) is 1.00. The van der Waals surface area contributed by atoms with E-state index < -0.39 is 0 Å². The number of hydrogen-bond donors (Lipinski definition) is 1. The fourth-order valence-electron chi connectivity index (χ4n) is 1.55. The summed E-state index contributed by atoms with van der Waals surface area (Å²) in [6.45, 7) is 4.06. The Bertz CT molecular complexity index is 127. The molecule has 0 spiro atoms. The van der Waals surface area contributed by atoms with Crippen LogP contribution in [-0.4, -0.2) is 54.4 Å². The molecule has 0 aromatic heterocycles. The van der Waals surface area contributed by atoms with Crippen LogP contribution in [0.4, 0.5) is 0 Å². The Hall–Kier alpha value is -0.120. The summed E-state index contributed by atoms with van der Waals surface area (Å²) >= 11 is 0. The molecule has 0 saturated carbocycles. The van der Waals surface area contributed by atoms with E-state index in [2.05, 4.69) is 11.9 Å². The second-order valence-corrected chi connectivity index (χ2v) is 3.50. The summed E-state index contributed by atoms with van der Waals surface area (Å²) < 4.78 is 0. The Morgan fingerprint density at radius 2 is 2.27 bits per heavy atom. The molecule has 1 heterocycles. The lowest BCUT2D eigenvalue weighted by atomic mass is 10.2. The molecule has 2 atom stereocenters. The van der Waals surface area contributed by atoms with Crippen LogP contribution >= 0.6 is 0 Å². The van der Waals surface area contributed by atoms with Crippen LogP contribution in [0.25, 0.3) is 0 Å². The van der Waals surface area contributed by atoms with Gasteiger partial charge in [-0.1, -0.05) is 0 Å². The molecule has 1 unspecified atom stereocenters. The normalized spacial score (nSPS) is 29.7. The average molecular weight is 158 g/mol. The largest absolute Gasteiger partial charge is 0.379 e. The molecule has 0 amide bonds. The van der Waals surface area contributed by atoms with Crippen molar-refractivity contribution in [3.63, 3.8) is 0 Å². The first-order chi connectivity index (χ1) is 5.11. The van der Waals surface area contributed by atoms with E-state index in [-0.39, 0.29) is 6.23 Å². The van der Waals surface area contributed by atoms with E-state index in [9.17, 15) is 5.11 Å². The van der Waals surface area contributed by atoms with Gasteiger partial charge < -0.3 is 10.0 Å². The Kier molecular flexibility index (Phi) is 2.87. The first-order valence-corrected chi connectivity index (χ1v) is 4.20. The zero-order valence-electron chi connectivity index (χ0n) is 7.62. The summed E-state index contributed by atoms with van der Waals surface area (Å²) in [5, 5.41) is 9.27. The van der Waals surface area contributed by atoms with Gasteiger partial charge in [-0.3, -0.25) is 4.90 Å². The standard InChI is InChI=1S/C8H18N2O/c1-7(11)10(3)8-4-5-9(2)6-8/h7-8,11H,4-6H2,1-3H3/t7?,8-/m0/s1. The maximum absolute atomic E-state index is 9.27. The van der Waals surface area contributed by atoms with E-state index in [4.69, 9.17) is 0 Å². The first kappa shape index (κ1) is 8.97. The Morgan fingerprint density at radius 3 is 2.64 bits per heavy atom. The third-order valence-corrected chi connectivity index (χ3v) is 2.53. The van der Waals surface area contributed by atoms with Crippen LogP contribution in [-0.2, 0) is 0 Å². The van der Waals surface area contributed by atoms with Crippen LogP contribution < -0.4 is 0 Å². The molecule has 1 N–H and O–H groups in total.